The van der Waals surface area contributed by atoms with Crippen LogP contribution in [-0.2, 0) is 6.61 Å². The number of piperazine rings is 1. The number of hydrogen-bond donors (Lipinski definition) is 0. The predicted octanol–water partition coefficient (Wildman–Crippen LogP) is 4.68. The zero-order chi connectivity index (χ0) is 22.5. The Labute approximate surface area is 188 Å². The SMILES string of the molecule is COc1ccc(C(=O)N2CCN(c3ccc(F)cc3)CC2)cc1COc1ccc(C)cc1. The first-order valence-corrected chi connectivity index (χ1v) is 10.7. The molecule has 4 rings (SSSR count). The standard InChI is InChI=1S/C26H27FN2O3/c1-19-3-10-24(11-4-19)32-18-21-17-20(5-12-25(21)31-2)26(30)29-15-13-28(14-16-29)23-8-6-22(27)7-9-23/h3-12,17H,13-16,18H2,1-2H3. The van der Waals surface area contributed by atoms with Crippen molar-refractivity contribution >= 4 is 11.6 Å². The van der Waals surface area contributed by atoms with E-state index < -0.39 is 0 Å². The molecule has 0 aliphatic carbocycles. The number of hydrogen-bond acceptors (Lipinski definition) is 4. The van der Waals surface area contributed by atoms with E-state index in [1.54, 1.807) is 25.3 Å². The van der Waals surface area contributed by atoms with Crippen LogP contribution in [0.4, 0.5) is 10.1 Å². The average Bonchev–Trinajstić information content (AvgIpc) is 2.83. The number of benzene rings is 3. The van der Waals surface area contributed by atoms with Crippen molar-refractivity contribution < 1.29 is 18.7 Å². The van der Waals surface area contributed by atoms with Gasteiger partial charge in [-0.15, -0.1) is 0 Å². The normalized spacial score (nSPS) is 13.7. The lowest BCUT2D eigenvalue weighted by atomic mass is 10.1. The van der Waals surface area contributed by atoms with E-state index in [1.807, 2.05) is 48.2 Å². The Morgan fingerprint density at radius 3 is 2.28 bits per heavy atom. The lowest BCUT2D eigenvalue weighted by molar-refractivity contribution is 0.0746. The number of methoxy groups -OCH3 is 1. The Bertz CT molecular complexity index is 1060. The number of amides is 1. The highest BCUT2D eigenvalue weighted by molar-refractivity contribution is 5.94. The maximum absolute atomic E-state index is 13.2. The van der Waals surface area contributed by atoms with Crippen LogP contribution in [0.5, 0.6) is 11.5 Å². The highest BCUT2D eigenvalue weighted by Gasteiger charge is 2.23. The van der Waals surface area contributed by atoms with Gasteiger partial charge in [-0.2, -0.15) is 0 Å². The minimum absolute atomic E-state index is 0.0111. The number of ether oxygens (including phenoxy) is 2. The molecule has 1 aliphatic rings. The van der Waals surface area contributed by atoms with Crippen LogP contribution in [0.3, 0.4) is 0 Å². The van der Waals surface area contributed by atoms with Gasteiger partial charge in [-0.3, -0.25) is 4.79 Å². The molecule has 0 unspecified atom stereocenters. The number of nitrogens with zero attached hydrogens (tertiary/aromatic N) is 2. The van der Waals surface area contributed by atoms with Gasteiger partial charge in [-0.1, -0.05) is 17.7 Å². The van der Waals surface area contributed by atoms with Gasteiger partial charge in [0.05, 0.1) is 7.11 Å². The Balaban J connectivity index is 1.41. The van der Waals surface area contributed by atoms with Gasteiger partial charge < -0.3 is 19.3 Å². The molecule has 0 atom stereocenters. The molecule has 0 aromatic heterocycles. The van der Waals surface area contributed by atoms with Crippen molar-refractivity contribution in [3.63, 3.8) is 0 Å². The minimum Gasteiger partial charge on any atom is -0.496 e. The molecule has 0 radical (unpaired) electrons. The summed E-state index contributed by atoms with van der Waals surface area (Å²) in [5.74, 6) is 1.20. The zero-order valence-electron chi connectivity index (χ0n) is 18.4. The van der Waals surface area contributed by atoms with E-state index in [2.05, 4.69) is 4.90 Å². The van der Waals surface area contributed by atoms with Gasteiger partial charge in [0, 0.05) is 43.0 Å². The van der Waals surface area contributed by atoms with Gasteiger partial charge in [-0.05, 0) is 61.5 Å². The van der Waals surface area contributed by atoms with Crippen LogP contribution >= 0.6 is 0 Å². The summed E-state index contributed by atoms with van der Waals surface area (Å²) in [6, 6.07) is 19.8. The summed E-state index contributed by atoms with van der Waals surface area (Å²) >= 11 is 0. The molecule has 0 N–H and O–H groups in total. The fourth-order valence-electron chi connectivity index (χ4n) is 3.82. The maximum atomic E-state index is 13.2. The van der Waals surface area contributed by atoms with Crippen molar-refractivity contribution in [1.29, 1.82) is 0 Å². The molecule has 166 valence electrons. The summed E-state index contributed by atoms with van der Waals surface area (Å²) in [6.45, 7) is 4.97. The van der Waals surface area contributed by atoms with Crippen molar-refractivity contribution in [2.75, 3.05) is 38.2 Å². The Morgan fingerprint density at radius 2 is 1.62 bits per heavy atom. The van der Waals surface area contributed by atoms with Crippen molar-refractivity contribution in [2.24, 2.45) is 0 Å². The second kappa shape index (κ2) is 9.73. The molecule has 5 nitrogen and oxygen atoms in total. The number of halogens is 1. The Kier molecular flexibility index (Phi) is 6.59. The summed E-state index contributed by atoms with van der Waals surface area (Å²) in [4.78, 5) is 17.1. The van der Waals surface area contributed by atoms with E-state index in [1.165, 1.54) is 17.7 Å². The molecule has 1 heterocycles. The first-order valence-electron chi connectivity index (χ1n) is 10.7. The first kappa shape index (κ1) is 21.7. The molecule has 0 spiro atoms. The van der Waals surface area contributed by atoms with Gasteiger partial charge in [0.25, 0.3) is 5.91 Å². The second-order valence-corrected chi connectivity index (χ2v) is 7.88. The van der Waals surface area contributed by atoms with E-state index >= 15 is 0 Å². The highest BCUT2D eigenvalue weighted by Crippen LogP contribution is 2.24. The molecule has 3 aromatic rings. The van der Waals surface area contributed by atoms with Crippen molar-refractivity contribution in [3.05, 3.63) is 89.2 Å². The molecule has 6 heteroatoms. The van der Waals surface area contributed by atoms with Crippen LogP contribution in [0.1, 0.15) is 21.5 Å². The van der Waals surface area contributed by atoms with Crippen LogP contribution < -0.4 is 14.4 Å². The molecular formula is C26H27FN2O3. The predicted molar refractivity (Wildman–Crippen MR) is 123 cm³/mol. The van der Waals surface area contributed by atoms with E-state index in [-0.39, 0.29) is 11.7 Å². The molecular weight excluding hydrogens is 407 g/mol. The smallest absolute Gasteiger partial charge is 0.253 e. The molecule has 32 heavy (non-hydrogen) atoms. The molecule has 1 saturated heterocycles. The third-order valence-corrected chi connectivity index (χ3v) is 5.70. The van der Waals surface area contributed by atoms with Crippen molar-refractivity contribution in [2.45, 2.75) is 13.5 Å². The van der Waals surface area contributed by atoms with Crippen LogP contribution in [0.25, 0.3) is 0 Å². The van der Waals surface area contributed by atoms with Gasteiger partial charge in [0.1, 0.15) is 23.9 Å². The quantitative estimate of drug-likeness (QED) is 0.565. The number of aryl methyl sites for hydroxylation is 1. The molecule has 0 bridgehead atoms. The van der Waals surface area contributed by atoms with Crippen LogP contribution in [0.2, 0.25) is 0 Å². The Hall–Kier alpha value is -3.54. The van der Waals surface area contributed by atoms with E-state index in [0.717, 1.165) is 17.0 Å². The Morgan fingerprint density at radius 1 is 0.938 bits per heavy atom. The summed E-state index contributed by atoms with van der Waals surface area (Å²) in [5, 5.41) is 0. The fourth-order valence-corrected chi connectivity index (χ4v) is 3.82. The lowest BCUT2D eigenvalue weighted by Crippen LogP contribution is -2.48. The summed E-state index contributed by atoms with van der Waals surface area (Å²) in [6.07, 6.45) is 0. The molecule has 3 aromatic carbocycles. The fraction of sp³-hybridized carbons (Fsp3) is 0.269. The average molecular weight is 435 g/mol. The van der Waals surface area contributed by atoms with Crippen LogP contribution in [0.15, 0.2) is 66.7 Å². The van der Waals surface area contributed by atoms with Gasteiger partial charge in [0.15, 0.2) is 0 Å². The zero-order valence-corrected chi connectivity index (χ0v) is 18.4. The monoisotopic (exact) mass is 434 g/mol. The number of rotatable bonds is 6. The molecule has 1 fully saturated rings. The third-order valence-electron chi connectivity index (χ3n) is 5.70. The summed E-state index contributed by atoms with van der Waals surface area (Å²) in [5.41, 5.74) is 3.58. The van der Waals surface area contributed by atoms with Gasteiger partial charge >= 0.3 is 0 Å². The topological polar surface area (TPSA) is 42.0 Å². The number of carbonyl (C=O) groups is 1. The number of anilines is 1. The van der Waals surface area contributed by atoms with Crippen LogP contribution in [0, 0.1) is 12.7 Å². The van der Waals surface area contributed by atoms with E-state index in [4.69, 9.17) is 9.47 Å². The molecule has 0 saturated carbocycles. The summed E-state index contributed by atoms with van der Waals surface area (Å²) in [7, 11) is 1.61. The maximum Gasteiger partial charge on any atom is 0.253 e. The van der Waals surface area contributed by atoms with Gasteiger partial charge in [-0.25, -0.2) is 4.39 Å². The minimum atomic E-state index is -0.246. The third kappa shape index (κ3) is 5.02. The van der Waals surface area contributed by atoms with Gasteiger partial charge in [0.2, 0.25) is 0 Å². The summed E-state index contributed by atoms with van der Waals surface area (Å²) < 4.78 is 24.5. The largest absolute Gasteiger partial charge is 0.496 e. The van der Waals surface area contributed by atoms with E-state index in [9.17, 15) is 9.18 Å². The number of carbonyl (C=O) groups excluding carboxylic acids is 1. The van der Waals surface area contributed by atoms with Crippen molar-refractivity contribution in [1.82, 2.24) is 4.90 Å². The molecule has 1 amide bonds. The first-order chi connectivity index (χ1) is 15.5. The lowest BCUT2D eigenvalue weighted by Gasteiger charge is -2.36. The van der Waals surface area contributed by atoms with Crippen molar-refractivity contribution in [3.8, 4) is 11.5 Å². The second-order valence-electron chi connectivity index (χ2n) is 7.88. The highest BCUT2D eigenvalue weighted by atomic mass is 19.1. The van der Waals surface area contributed by atoms with E-state index in [0.29, 0.717) is 44.1 Å². The molecule has 1 aliphatic heterocycles. The van der Waals surface area contributed by atoms with Crippen LogP contribution in [-0.4, -0.2) is 44.1 Å².